The number of Topliss-reactive ketones (excluding diaryl/α,β-unsaturated/α-hetero) is 1. The van der Waals surface area contributed by atoms with Crippen molar-refractivity contribution in [3.8, 4) is 0 Å². The van der Waals surface area contributed by atoms with E-state index in [1.165, 1.54) is 0 Å². The molecule has 1 aliphatic rings. The van der Waals surface area contributed by atoms with Crippen molar-refractivity contribution in [2.75, 3.05) is 13.1 Å². The van der Waals surface area contributed by atoms with Crippen LogP contribution >= 0.6 is 0 Å². The molecule has 0 aromatic rings. The van der Waals surface area contributed by atoms with E-state index in [9.17, 15) is 18.0 Å². The minimum Gasteiger partial charge on any atom is -0.315 e. The molecule has 0 saturated carbocycles. The molecule has 1 aliphatic heterocycles. The fraction of sp³-hybridized carbons (Fsp3) is 0.929. The summed E-state index contributed by atoms with van der Waals surface area (Å²) in [6.07, 6.45) is 1.39. The first-order valence-electron chi connectivity index (χ1n) is 7.25. The van der Waals surface area contributed by atoms with Gasteiger partial charge >= 0.3 is 6.18 Å². The van der Waals surface area contributed by atoms with Crippen molar-refractivity contribution in [2.24, 2.45) is 5.41 Å². The zero-order valence-corrected chi connectivity index (χ0v) is 11.6. The maximum atomic E-state index is 13.1. The molecule has 1 N–H and O–H groups in total. The molecule has 0 radical (unpaired) electrons. The molecule has 0 aromatic heterocycles. The molecule has 1 saturated heterocycles. The molecule has 1 unspecified atom stereocenters. The Kier molecular flexibility index (Phi) is 6.30. The van der Waals surface area contributed by atoms with Crippen molar-refractivity contribution in [1.82, 2.24) is 5.32 Å². The van der Waals surface area contributed by atoms with Crippen molar-refractivity contribution in [1.29, 1.82) is 0 Å². The van der Waals surface area contributed by atoms with E-state index in [2.05, 4.69) is 12.2 Å². The molecule has 1 heterocycles. The lowest BCUT2D eigenvalue weighted by atomic mass is 9.79. The van der Waals surface area contributed by atoms with Crippen molar-refractivity contribution < 1.29 is 18.0 Å². The molecule has 2 nitrogen and oxygen atoms in total. The molecule has 19 heavy (non-hydrogen) atoms. The Morgan fingerprint density at radius 1 is 1.16 bits per heavy atom. The molecule has 0 aliphatic carbocycles. The number of unbranched alkanes of at least 4 members (excludes halogenated alkanes) is 5. The zero-order valence-electron chi connectivity index (χ0n) is 11.6. The van der Waals surface area contributed by atoms with Crippen LogP contribution in [0.2, 0.25) is 0 Å². The molecule has 5 heteroatoms. The Morgan fingerprint density at radius 2 is 1.79 bits per heavy atom. The van der Waals surface area contributed by atoms with E-state index in [4.69, 9.17) is 0 Å². The summed E-state index contributed by atoms with van der Waals surface area (Å²) >= 11 is 0. The SMILES string of the molecule is CCCCCCCCC(=O)C1(C(F)(F)F)CCNC1. The number of hydrogen-bond acceptors (Lipinski definition) is 2. The van der Waals surface area contributed by atoms with E-state index >= 15 is 0 Å². The highest BCUT2D eigenvalue weighted by Gasteiger charge is 2.60. The van der Waals surface area contributed by atoms with Crippen LogP contribution in [0.5, 0.6) is 0 Å². The third-order valence-corrected chi connectivity index (χ3v) is 3.99. The average molecular weight is 279 g/mol. The first-order chi connectivity index (χ1) is 8.94. The van der Waals surface area contributed by atoms with Crippen LogP contribution in [0.25, 0.3) is 0 Å². The minimum absolute atomic E-state index is 0.0628. The van der Waals surface area contributed by atoms with Crippen molar-refractivity contribution in [2.45, 2.75) is 64.5 Å². The number of halogens is 3. The Labute approximate surface area is 113 Å². The van der Waals surface area contributed by atoms with Crippen LogP contribution in [0.1, 0.15) is 58.3 Å². The number of hydrogen-bond donors (Lipinski definition) is 1. The number of alkyl halides is 3. The highest BCUT2D eigenvalue weighted by atomic mass is 19.4. The predicted octanol–water partition coefficient (Wildman–Crippen LogP) is 3.85. The Balaban J connectivity index is 2.38. The highest BCUT2D eigenvalue weighted by Crippen LogP contribution is 2.44. The smallest absolute Gasteiger partial charge is 0.315 e. The van der Waals surface area contributed by atoms with Gasteiger partial charge in [-0.3, -0.25) is 4.79 Å². The largest absolute Gasteiger partial charge is 0.402 e. The van der Waals surface area contributed by atoms with E-state index in [1.807, 2.05) is 0 Å². The van der Waals surface area contributed by atoms with Crippen LogP contribution in [0, 0.1) is 5.41 Å². The molecule has 0 spiro atoms. The van der Waals surface area contributed by atoms with Crippen molar-refractivity contribution in [3.05, 3.63) is 0 Å². The second kappa shape index (κ2) is 7.27. The van der Waals surface area contributed by atoms with Gasteiger partial charge in [0.25, 0.3) is 0 Å². The summed E-state index contributed by atoms with van der Waals surface area (Å²) < 4.78 is 39.2. The van der Waals surface area contributed by atoms with Crippen LogP contribution < -0.4 is 5.32 Å². The summed E-state index contributed by atoms with van der Waals surface area (Å²) in [5.74, 6) is -0.625. The van der Waals surface area contributed by atoms with E-state index in [0.717, 1.165) is 32.1 Å². The molecule has 1 atom stereocenters. The number of carbonyl (C=O) groups excluding carboxylic acids is 1. The minimum atomic E-state index is -4.42. The molecule has 0 bridgehead atoms. The standard InChI is InChI=1S/C14H24F3NO/c1-2-3-4-5-6-7-8-12(19)13(14(15,16)17)9-10-18-11-13/h18H,2-11H2,1H3. The monoisotopic (exact) mass is 279 g/mol. The van der Waals surface area contributed by atoms with Gasteiger partial charge in [0.15, 0.2) is 0 Å². The van der Waals surface area contributed by atoms with Gasteiger partial charge in [0.2, 0.25) is 0 Å². The van der Waals surface area contributed by atoms with Crippen LogP contribution in [-0.2, 0) is 4.79 Å². The van der Waals surface area contributed by atoms with E-state index < -0.39 is 17.4 Å². The number of ketones is 1. The Hall–Kier alpha value is -0.580. The summed E-state index contributed by atoms with van der Waals surface area (Å²) in [6.45, 7) is 2.15. The quantitative estimate of drug-likeness (QED) is 0.684. The van der Waals surface area contributed by atoms with Gasteiger partial charge in [-0.1, -0.05) is 39.0 Å². The molecular weight excluding hydrogens is 255 g/mol. The summed E-state index contributed by atoms with van der Waals surface area (Å²) in [7, 11) is 0. The molecule has 0 amide bonds. The summed E-state index contributed by atoms with van der Waals surface area (Å²) in [6, 6.07) is 0. The third-order valence-electron chi connectivity index (χ3n) is 3.99. The zero-order chi connectivity index (χ0) is 14.4. The molecule has 1 fully saturated rings. The Bertz CT molecular complexity index is 283. The fourth-order valence-corrected chi connectivity index (χ4v) is 2.64. The van der Waals surface area contributed by atoms with Gasteiger partial charge < -0.3 is 5.32 Å². The van der Waals surface area contributed by atoms with Gasteiger partial charge in [0.1, 0.15) is 11.2 Å². The van der Waals surface area contributed by atoms with Gasteiger partial charge in [-0.2, -0.15) is 13.2 Å². The molecule has 0 aromatic carbocycles. The topological polar surface area (TPSA) is 29.1 Å². The lowest BCUT2D eigenvalue weighted by molar-refractivity contribution is -0.214. The lowest BCUT2D eigenvalue weighted by Crippen LogP contribution is -2.46. The van der Waals surface area contributed by atoms with Crippen LogP contribution in [-0.4, -0.2) is 25.0 Å². The number of nitrogens with one attached hydrogen (secondary N) is 1. The Morgan fingerprint density at radius 3 is 2.32 bits per heavy atom. The van der Waals surface area contributed by atoms with Crippen LogP contribution in [0.3, 0.4) is 0 Å². The lowest BCUT2D eigenvalue weighted by Gasteiger charge is -2.29. The van der Waals surface area contributed by atoms with Gasteiger partial charge in [-0.15, -0.1) is 0 Å². The maximum Gasteiger partial charge on any atom is 0.402 e. The van der Waals surface area contributed by atoms with Gasteiger partial charge in [0, 0.05) is 13.0 Å². The summed E-state index contributed by atoms with van der Waals surface area (Å²) in [4.78, 5) is 11.9. The van der Waals surface area contributed by atoms with E-state index in [1.54, 1.807) is 0 Å². The van der Waals surface area contributed by atoms with Crippen LogP contribution in [0.15, 0.2) is 0 Å². The van der Waals surface area contributed by atoms with Crippen molar-refractivity contribution in [3.63, 3.8) is 0 Å². The summed E-state index contributed by atoms with van der Waals surface area (Å²) in [5.41, 5.74) is -2.11. The molecular formula is C14H24F3NO. The maximum absolute atomic E-state index is 13.1. The van der Waals surface area contributed by atoms with Gasteiger partial charge in [-0.05, 0) is 19.4 Å². The second-order valence-electron chi connectivity index (χ2n) is 5.45. The normalized spacial score (nSPS) is 23.8. The number of rotatable bonds is 8. The fourth-order valence-electron chi connectivity index (χ4n) is 2.64. The molecule has 112 valence electrons. The van der Waals surface area contributed by atoms with Gasteiger partial charge in [-0.25, -0.2) is 0 Å². The first-order valence-corrected chi connectivity index (χ1v) is 7.25. The van der Waals surface area contributed by atoms with Crippen molar-refractivity contribution >= 4 is 5.78 Å². The van der Waals surface area contributed by atoms with E-state index in [0.29, 0.717) is 6.42 Å². The highest BCUT2D eigenvalue weighted by molar-refractivity contribution is 5.86. The summed E-state index contributed by atoms with van der Waals surface area (Å²) in [5, 5.41) is 2.68. The average Bonchev–Trinajstić information content (AvgIpc) is 2.83. The molecule has 1 rings (SSSR count). The third kappa shape index (κ3) is 4.20. The second-order valence-corrected chi connectivity index (χ2v) is 5.45. The van der Waals surface area contributed by atoms with Gasteiger partial charge in [0.05, 0.1) is 0 Å². The van der Waals surface area contributed by atoms with Crippen LogP contribution in [0.4, 0.5) is 13.2 Å². The predicted molar refractivity (Wildman–Crippen MR) is 69.0 cm³/mol. The van der Waals surface area contributed by atoms with E-state index in [-0.39, 0.29) is 25.9 Å². The first kappa shape index (κ1) is 16.5. The number of carbonyl (C=O) groups is 1.